The number of aryl methyl sites for hydroxylation is 1. The minimum Gasteiger partial charge on any atom is -0.550 e. The number of benzene rings is 3. The average Bonchev–Trinajstić information content (AvgIpc) is 2.75. The van der Waals surface area contributed by atoms with Gasteiger partial charge in [0.2, 0.25) is 0 Å². The minimum absolute atomic E-state index is 0.137. The second kappa shape index (κ2) is 8.52. The molecule has 0 aromatic heterocycles. The predicted molar refractivity (Wildman–Crippen MR) is 113 cm³/mol. The molecule has 0 amide bonds. The number of carboxylic acids is 1. The summed E-state index contributed by atoms with van der Waals surface area (Å²) in [5.41, 5.74) is 6.04. The highest BCUT2D eigenvalue weighted by molar-refractivity contribution is 5.65. The molecule has 4 rings (SSSR count). The summed E-state index contributed by atoms with van der Waals surface area (Å²) in [4.78, 5) is 11.0. The molecule has 3 heteroatoms. The SMILES string of the molecule is CC1c2ccc(OCc3ccc(-c4ccccc4)cc3)cc2CCC1CC(=O)[O-]. The first-order chi connectivity index (χ1) is 14.1. The molecular weight excluding hydrogens is 360 g/mol. The molecule has 0 N–H and O–H groups in total. The van der Waals surface area contributed by atoms with Crippen LogP contribution in [0.4, 0.5) is 0 Å². The van der Waals surface area contributed by atoms with Crippen LogP contribution >= 0.6 is 0 Å². The topological polar surface area (TPSA) is 49.4 Å². The van der Waals surface area contributed by atoms with Crippen LogP contribution in [0.3, 0.4) is 0 Å². The van der Waals surface area contributed by atoms with Crippen molar-refractivity contribution < 1.29 is 14.6 Å². The van der Waals surface area contributed by atoms with E-state index in [1.165, 1.54) is 22.3 Å². The monoisotopic (exact) mass is 385 g/mol. The molecule has 0 radical (unpaired) electrons. The van der Waals surface area contributed by atoms with Crippen LogP contribution in [0, 0.1) is 5.92 Å². The van der Waals surface area contributed by atoms with Crippen LogP contribution in [0.5, 0.6) is 5.75 Å². The molecule has 1 aliphatic carbocycles. The smallest absolute Gasteiger partial charge is 0.120 e. The van der Waals surface area contributed by atoms with Gasteiger partial charge in [0.1, 0.15) is 12.4 Å². The van der Waals surface area contributed by atoms with Crippen LogP contribution < -0.4 is 9.84 Å². The lowest BCUT2D eigenvalue weighted by Crippen LogP contribution is -2.29. The molecule has 3 aromatic rings. The van der Waals surface area contributed by atoms with Crippen molar-refractivity contribution in [2.45, 2.75) is 38.7 Å². The molecule has 3 aromatic carbocycles. The van der Waals surface area contributed by atoms with Gasteiger partial charge < -0.3 is 14.6 Å². The number of fused-ring (bicyclic) bond motifs is 1. The van der Waals surface area contributed by atoms with Crippen LogP contribution in [0.2, 0.25) is 0 Å². The van der Waals surface area contributed by atoms with Crippen molar-refractivity contribution in [2.24, 2.45) is 5.92 Å². The van der Waals surface area contributed by atoms with Crippen LogP contribution in [-0.2, 0) is 17.8 Å². The van der Waals surface area contributed by atoms with Crippen molar-refractivity contribution >= 4 is 5.97 Å². The summed E-state index contributed by atoms with van der Waals surface area (Å²) in [5, 5.41) is 11.0. The molecular formula is C26H25O3-. The molecule has 29 heavy (non-hydrogen) atoms. The summed E-state index contributed by atoms with van der Waals surface area (Å²) in [7, 11) is 0. The Balaban J connectivity index is 1.40. The number of carbonyl (C=O) groups excluding carboxylic acids is 1. The van der Waals surface area contributed by atoms with Crippen LogP contribution in [0.15, 0.2) is 72.8 Å². The molecule has 0 aliphatic heterocycles. The maximum absolute atomic E-state index is 11.0. The Morgan fingerprint density at radius 1 is 1.00 bits per heavy atom. The van der Waals surface area contributed by atoms with Gasteiger partial charge in [-0.15, -0.1) is 0 Å². The molecule has 0 heterocycles. The highest BCUT2D eigenvalue weighted by Crippen LogP contribution is 2.39. The van der Waals surface area contributed by atoms with E-state index >= 15 is 0 Å². The zero-order valence-electron chi connectivity index (χ0n) is 16.6. The molecule has 3 nitrogen and oxygen atoms in total. The number of ether oxygens (including phenoxy) is 1. The predicted octanol–water partition coefficient (Wildman–Crippen LogP) is 4.74. The second-order valence-corrected chi connectivity index (χ2v) is 7.88. The third-order valence-electron chi connectivity index (χ3n) is 5.99. The molecule has 0 saturated heterocycles. The van der Waals surface area contributed by atoms with Gasteiger partial charge in [-0.25, -0.2) is 0 Å². The summed E-state index contributed by atoms with van der Waals surface area (Å²) in [5.74, 6) is 0.295. The fraction of sp³-hybridized carbons (Fsp3) is 0.269. The van der Waals surface area contributed by atoms with E-state index in [1.807, 2.05) is 24.3 Å². The quantitative estimate of drug-likeness (QED) is 0.616. The van der Waals surface area contributed by atoms with Crippen molar-refractivity contribution in [3.63, 3.8) is 0 Å². The van der Waals surface area contributed by atoms with Gasteiger partial charge in [-0.05, 0) is 71.0 Å². The van der Waals surface area contributed by atoms with Gasteiger partial charge in [-0.3, -0.25) is 0 Å². The summed E-state index contributed by atoms with van der Waals surface area (Å²) in [6.45, 7) is 2.64. The van der Waals surface area contributed by atoms with E-state index < -0.39 is 5.97 Å². The Kier molecular flexibility index (Phi) is 5.66. The van der Waals surface area contributed by atoms with E-state index in [0.29, 0.717) is 6.61 Å². The Morgan fingerprint density at radius 3 is 2.45 bits per heavy atom. The lowest BCUT2D eigenvalue weighted by Gasteiger charge is -2.31. The molecule has 0 saturated carbocycles. The molecule has 1 aliphatic rings. The van der Waals surface area contributed by atoms with E-state index in [0.717, 1.165) is 24.2 Å². The summed E-state index contributed by atoms with van der Waals surface area (Å²) < 4.78 is 6.03. The lowest BCUT2D eigenvalue weighted by molar-refractivity contribution is -0.307. The first-order valence-electron chi connectivity index (χ1n) is 10.2. The molecule has 2 atom stereocenters. The van der Waals surface area contributed by atoms with Gasteiger partial charge in [0.25, 0.3) is 0 Å². The maximum Gasteiger partial charge on any atom is 0.120 e. The molecule has 0 spiro atoms. The zero-order valence-corrected chi connectivity index (χ0v) is 16.6. The van der Waals surface area contributed by atoms with Crippen molar-refractivity contribution in [1.82, 2.24) is 0 Å². The van der Waals surface area contributed by atoms with E-state index in [2.05, 4.69) is 55.5 Å². The number of aliphatic carboxylic acids is 1. The van der Waals surface area contributed by atoms with Crippen molar-refractivity contribution in [3.05, 3.63) is 89.5 Å². The lowest BCUT2D eigenvalue weighted by atomic mass is 9.74. The number of carboxylic acid groups (broad SMARTS) is 1. The van der Waals surface area contributed by atoms with Gasteiger partial charge in [0.05, 0.1) is 0 Å². The number of carbonyl (C=O) groups is 1. The molecule has 0 fully saturated rings. The molecule has 2 unspecified atom stereocenters. The van der Waals surface area contributed by atoms with Gasteiger partial charge in [-0.2, -0.15) is 0 Å². The Bertz CT molecular complexity index is 977. The minimum atomic E-state index is -0.955. The largest absolute Gasteiger partial charge is 0.550 e. The van der Waals surface area contributed by atoms with E-state index in [-0.39, 0.29) is 18.3 Å². The fourth-order valence-corrected chi connectivity index (χ4v) is 4.26. The van der Waals surface area contributed by atoms with Gasteiger partial charge >= 0.3 is 0 Å². The van der Waals surface area contributed by atoms with Crippen molar-refractivity contribution in [3.8, 4) is 16.9 Å². The number of rotatable bonds is 6. The van der Waals surface area contributed by atoms with Gasteiger partial charge in [0.15, 0.2) is 0 Å². The highest BCUT2D eigenvalue weighted by atomic mass is 16.5. The third kappa shape index (κ3) is 4.51. The Labute approximate surface area is 172 Å². The van der Waals surface area contributed by atoms with Crippen LogP contribution in [0.25, 0.3) is 11.1 Å². The molecule has 0 bridgehead atoms. The standard InChI is InChI=1S/C26H26O3/c1-18-22(16-26(27)28)11-12-23-15-24(13-14-25(18)23)29-17-19-7-9-21(10-8-19)20-5-3-2-4-6-20/h2-10,13-15,18,22H,11-12,16-17H2,1H3,(H,27,28)/p-1. The van der Waals surface area contributed by atoms with Gasteiger partial charge in [0, 0.05) is 5.97 Å². The molecule has 148 valence electrons. The van der Waals surface area contributed by atoms with E-state index in [1.54, 1.807) is 0 Å². The second-order valence-electron chi connectivity index (χ2n) is 7.88. The first kappa shape index (κ1) is 19.3. The Morgan fingerprint density at radius 2 is 1.72 bits per heavy atom. The maximum atomic E-state index is 11.0. The highest BCUT2D eigenvalue weighted by Gasteiger charge is 2.26. The summed E-state index contributed by atoms with van der Waals surface area (Å²) in [6, 6.07) is 25.0. The van der Waals surface area contributed by atoms with Crippen molar-refractivity contribution in [2.75, 3.05) is 0 Å². The number of hydrogen-bond acceptors (Lipinski definition) is 3. The van der Waals surface area contributed by atoms with Crippen molar-refractivity contribution in [1.29, 1.82) is 0 Å². The average molecular weight is 385 g/mol. The van der Waals surface area contributed by atoms with Gasteiger partial charge in [-0.1, -0.05) is 67.6 Å². The Hall–Kier alpha value is -3.07. The fourth-order valence-electron chi connectivity index (χ4n) is 4.26. The summed E-state index contributed by atoms with van der Waals surface area (Å²) in [6.07, 6.45) is 1.91. The normalized spacial score (nSPS) is 18.1. The van der Waals surface area contributed by atoms with E-state index in [4.69, 9.17) is 4.74 Å². The third-order valence-corrected chi connectivity index (χ3v) is 5.99. The summed E-state index contributed by atoms with van der Waals surface area (Å²) >= 11 is 0. The van der Waals surface area contributed by atoms with E-state index in [9.17, 15) is 9.90 Å². The van der Waals surface area contributed by atoms with Crippen LogP contribution in [-0.4, -0.2) is 5.97 Å². The zero-order chi connectivity index (χ0) is 20.2. The first-order valence-corrected chi connectivity index (χ1v) is 10.2. The van der Waals surface area contributed by atoms with Crippen LogP contribution in [0.1, 0.15) is 42.4 Å². The number of hydrogen-bond donors (Lipinski definition) is 0.